The maximum absolute atomic E-state index is 14.6. The van der Waals surface area contributed by atoms with E-state index in [2.05, 4.69) is 22.9 Å². The minimum Gasteiger partial charge on any atom is -0.327 e. The summed E-state index contributed by atoms with van der Waals surface area (Å²) in [7, 11) is 0. The molecule has 7 rings (SSSR count). The highest BCUT2D eigenvalue weighted by molar-refractivity contribution is 6.31. The molecule has 2 saturated heterocycles. The zero-order valence-corrected chi connectivity index (χ0v) is 24.7. The second kappa shape index (κ2) is 11.5. The predicted molar refractivity (Wildman–Crippen MR) is 173 cm³/mol. The van der Waals surface area contributed by atoms with E-state index in [0.717, 1.165) is 22.4 Å². The molecule has 1 spiro atoms. The summed E-state index contributed by atoms with van der Waals surface area (Å²) in [4.78, 5) is 45.9. The molecule has 0 atom stereocenters. The van der Waals surface area contributed by atoms with E-state index < -0.39 is 5.54 Å². The maximum atomic E-state index is 14.6. The van der Waals surface area contributed by atoms with E-state index in [9.17, 15) is 9.59 Å². The first-order valence-corrected chi connectivity index (χ1v) is 15.1. The number of hydrogen-bond donors (Lipinski definition) is 0. The number of allylic oxidation sites excluding steroid dienone is 2. The number of nitrogens with zero attached hydrogens (tertiary/aromatic N) is 6. The fourth-order valence-electron chi connectivity index (χ4n) is 6.49. The molecule has 0 bridgehead atoms. The summed E-state index contributed by atoms with van der Waals surface area (Å²) in [5.41, 5.74) is 4.47. The van der Waals surface area contributed by atoms with Gasteiger partial charge in [0.05, 0.1) is 17.1 Å². The molecule has 8 nitrogen and oxygen atoms in total. The maximum Gasteiger partial charge on any atom is 0.336 e. The van der Waals surface area contributed by atoms with Crippen LogP contribution in [0.1, 0.15) is 24.1 Å². The third-order valence-corrected chi connectivity index (χ3v) is 8.91. The van der Waals surface area contributed by atoms with Crippen molar-refractivity contribution in [2.24, 2.45) is 0 Å². The van der Waals surface area contributed by atoms with Gasteiger partial charge in [-0.3, -0.25) is 19.6 Å². The van der Waals surface area contributed by atoms with E-state index >= 15 is 0 Å². The monoisotopic (exact) mass is 582 g/mol. The van der Waals surface area contributed by atoms with Crippen molar-refractivity contribution in [3.05, 3.63) is 127 Å². The normalized spacial score (nSPS) is 18.1. The molecule has 8 heteroatoms. The van der Waals surface area contributed by atoms with Gasteiger partial charge in [0.25, 0.3) is 5.91 Å². The summed E-state index contributed by atoms with van der Waals surface area (Å²) in [6.07, 6.45) is 12.5. The Morgan fingerprint density at radius 1 is 0.795 bits per heavy atom. The molecule has 2 fully saturated rings. The number of urea groups is 1. The third-order valence-electron chi connectivity index (χ3n) is 8.91. The molecule has 0 unspecified atom stereocenters. The van der Waals surface area contributed by atoms with Gasteiger partial charge in [-0.15, -0.1) is 0 Å². The standard InChI is InChI=1S/C36H34N6O2/c1-27-10-8-20-37-31(27)26-39-24-18-36(19-25-39)34(43)41(30-16-14-29(15-17-30)28-11-4-2-5-12-28)35(44)42(36)32-13-9-21-38-33(32)40-22-6-3-7-23-40/h2-17,20-22H,18-19,23-26H2,1H3. The minimum absolute atomic E-state index is 0.187. The van der Waals surface area contributed by atoms with Crippen molar-refractivity contribution in [1.29, 1.82) is 0 Å². The fourth-order valence-corrected chi connectivity index (χ4v) is 6.49. The molecule has 0 aliphatic carbocycles. The number of anilines is 3. The van der Waals surface area contributed by atoms with Gasteiger partial charge < -0.3 is 4.90 Å². The van der Waals surface area contributed by atoms with Crippen LogP contribution in [0.4, 0.5) is 22.0 Å². The second-order valence-corrected chi connectivity index (χ2v) is 11.5. The minimum atomic E-state index is -1.03. The Morgan fingerprint density at radius 3 is 2.25 bits per heavy atom. The van der Waals surface area contributed by atoms with Crippen LogP contribution in [0, 0.1) is 6.92 Å². The van der Waals surface area contributed by atoms with Gasteiger partial charge in [0.2, 0.25) is 0 Å². The highest BCUT2D eigenvalue weighted by Gasteiger charge is 2.59. The van der Waals surface area contributed by atoms with Crippen LogP contribution in [-0.4, -0.2) is 52.0 Å². The number of piperidine rings is 1. The summed E-state index contributed by atoms with van der Waals surface area (Å²) >= 11 is 0. The molecule has 2 aromatic carbocycles. The fraction of sp³-hybridized carbons (Fsp3) is 0.222. The number of likely N-dealkylation sites (tertiary alicyclic amines) is 1. The lowest BCUT2D eigenvalue weighted by molar-refractivity contribution is -0.123. The molecule has 0 radical (unpaired) electrons. The van der Waals surface area contributed by atoms with E-state index in [1.807, 2.05) is 108 Å². The second-order valence-electron chi connectivity index (χ2n) is 11.5. The summed E-state index contributed by atoms with van der Waals surface area (Å²) in [5.74, 6) is 0.467. The van der Waals surface area contributed by atoms with Gasteiger partial charge in [-0.2, -0.15) is 0 Å². The molecule has 220 valence electrons. The smallest absolute Gasteiger partial charge is 0.327 e. The van der Waals surface area contributed by atoms with Crippen molar-refractivity contribution >= 4 is 29.1 Å². The lowest BCUT2D eigenvalue weighted by atomic mass is 9.85. The topological polar surface area (TPSA) is 72.9 Å². The number of benzene rings is 2. The summed E-state index contributed by atoms with van der Waals surface area (Å²) < 4.78 is 0. The number of imide groups is 1. The van der Waals surface area contributed by atoms with E-state index in [1.165, 1.54) is 4.90 Å². The molecule has 3 aliphatic heterocycles. The summed E-state index contributed by atoms with van der Waals surface area (Å²) in [5, 5.41) is 0. The number of rotatable bonds is 6. The highest BCUT2D eigenvalue weighted by Crippen LogP contribution is 2.45. The van der Waals surface area contributed by atoms with Crippen LogP contribution in [0.5, 0.6) is 0 Å². The summed E-state index contributed by atoms with van der Waals surface area (Å²) in [6.45, 7) is 4.73. The molecule has 4 aromatic rings. The molecule has 3 aliphatic rings. The average molecular weight is 583 g/mol. The molecular weight excluding hydrogens is 548 g/mol. The number of pyridine rings is 2. The third kappa shape index (κ3) is 4.87. The molecule has 2 aromatic heterocycles. The first-order valence-electron chi connectivity index (χ1n) is 15.1. The van der Waals surface area contributed by atoms with Crippen molar-refractivity contribution in [2.45, 2.75) is 31.8 Å². The van der Waals surface area contributed by atoms with Crippen LogP contribution in [0.2, 0.25) is 0 Å². The number of carbonyl (C=O) groups excluding carboxylic acids is 2. The highest BCUT2D eigenvalue weighted by atomic mass is 16.2. The number of amides is 3. The van der Waals surface area contributed by atoms with Gasteiger partial charge in [0, 0.05) is 44.8 Å². The quantitative estimate of drug-likeness (QED) is 0.247. The Hall–Kier alpha value is -5.08. The zero-order valence-electron chi connectivity index (χ0n) is 24.7. The van der Waals surface area contributed by atoms with E-state index in [4.69, 9.17) is 4.98 Å². The van der Waals surface area contributed by atoms with Gasteiger partial charge in [-0.25, -0.2) is 14.7 Å². The predicted octanol–water partition coefficient (Wildman–Crippen LogP) is 6.35. The lowest BCUT2D eigenvalue weighted by Gasteiger charge is -2.42. The van der Waals surface area contributed by atoms with Crippen LogP contribution in [0.25, 0.3) is 11.1 Å². The summed E-state index contributed by atoms with van der Waals surface area (Å²) in [6, 6.07) is 25.2. The molecule has 5 heterocycles. The van der Waals surface area contributed by atoms with Gasteiger partial charge in [0.1, 0.15) is 5.54 Å². The van der Waals surface area contributed by atoms with Gasteiger partial charge >= 0.3 is 6.03 Å². The Bertz CT molecular complexity index is 1740. The Labute approximate surface area is 257 Å². The van der Waals surface area contributed by atoms with Crippen LogP contribution in [-0.2, 0) is 11.3 Å². The van der Waals surface area contributed by atoms with Crippen molar-refractivity contribution in [1.82, 2.24) is 14.9 Å². The number of aryl methyl sites for hydroxylation is 1. The van der Waals surface area contributed by atoms with Gasteiger partial charge in [-0.05, 0) is 72.9 Å². The molecule has 44 heavy (non-hydrogen) atoms. The molecule has 3 amide bonds. The zero-order chi connectivity index (χ0) is 30.1. The molecular formula is C36H34N6O2. The number of hydrogen-bond acceptors (Lipinski definition) is 6. The molecule has 0 N–H and O–H groups in total. The number of aromatic nitrogens is 2. The van der Waals surface area contributed by atoms with E-state index in [-0.39, 0.29) is 11.9 Å². The van der Waals surface area contributed by atoms with Crippen LogP contribution >= 0.6 is 0 Å². The average Bonchev–Trinajstić information content (AvgIpc) is 3.28. The molecule has 0 saturated carbocycles. The Balaban J connectivity index is 1.25. The largest absolute Gasteiger partial charge is 0.336 e. The number of carbonyl (C=O) groups is 2. The van der Waals surface area contributed by atoms with E-state index in [1.54, 1.807) is 11.1 Å². The first-order chi connectivity index (χ1) is 21.5. The van der Waals surface area contributed by atoms with Crippen molar-refractivity contribution in [2.75, 3.05) is 34.3 Å². The van der Waals surface area contributed by atoms with Gasteiger partial charge in [-0.1, -0.05) is 60.7 Å². The Morgan fingerprint density at radius 2 is 1.52 bits per heavy atom. The van der Waals surface area contributed by atoms with Gasteiger partial charge in [0.15, 0.2) is 5.82 Å². The Kier molecular flexibility index (Phi) is 7.28. The van der Waals surface area contributed by atoms with Crippen molar-refractivity contribution < 1.29 is 9.59 Å². The van der Waals surface area contributed by atoms with Crippen LogP contribution in [0.15, 0.2) is 116 Å². The SMILES string of the molecule is Cc1cccnc1CN1CCC2(CC1)C(=O)N(c1ccc(-c3ccccc3)cc1)C(=O)N2c1cccnc1N1C=CC=CC1. The van der Waals surface area contributed by atoms with Crippen LogP contribution in [0.3, 0.4) is 0 Å². The lowest BCUT2D eigenvalue weighted by Crippen LogP contribution is -2.57. The van der Waals surface area contributed by atoms with Crippen molar-refractivity contribution in [3.8, 4) is 11.1 Å². The van der Waals surface area contributed by atoms with Crippen molar-refractivity contribution in [3.63, 3.8) is 0 Å². The van der Waals surface area contributed by atoms with Crippen LogP contribution < -0.4 is 14.7 Å². The van der Waals surface area contributed by atoms with E-state index in [0.29, 0.717) is 56.2 Å². The first kappa shape index (κ1) is 27.7.